The molecular formula is C18H15ClN2O5. The number of esters is 1. The topological polar surface area (TPSA) is 78.0 Å². The first-order chi connectivity index (χ1) is 12.5. The van der Waals surface area contributed by atoms with Gasteiger partial charge in [-0.1, -0.05) is 17.7 Å². The van der Waals surface area contributed by atoms with Crippen LogP contribution >= 0.6 is 11.6 Å². The summed E-state index contributed by atoms with van der Waals surface area (Å²) in [5.74, 6) is -2.81. The average molecular weight is 375 g/mol. The average Bonchev–Trinajstić information content (AvgIpc) is 2.84. The fourth-order valence-corrected chi connectivity index (χ4v) is 3.46. The molecule has 0 bridgehead atoms. The minimum Gasteiger partial charge on any atom is -0.405 e. The van der Waals surface area contributed by atoms with E-state index in [0.29, 0.717) is 16.9 Å². The molecule has 1 aromatic heterocycles. The van der Waals surface area contributed by atoms with Crippen LogP contribution in [0.4, 0.5) is 5.69 Å². The minimum absolute atomic E-state index is 0.108. The predicted octanol–water partition coefficient (Wildman–Crippen LogP) is 2.65. The van der Waals surface area contributed by atoms with Gasteiger partial charge in [0, 0.05) is 12.8 Å². The van der Waals surface area contributed by atoms with Crippen molar-refractivity contribution in [3.8, 4) is 0 Å². The third-order valence-electron chi connectivity index (χ3n) is 4.33. The number of anilines is 1. The lowest BCUT2D eigenvalue weighted by molar-refractivity contribution is -0.212. The Morgan fingerprint density at radius 2 is 2.04 bits per heavy atom. The lowest BCUT2D eigenvalue weighted by Gasteiger charge is -2.41. The van der Waals surface area contributed by atoms with Gasteiger partial charge in [0.25, 0.3) is 5.91 Å². The lowest BCUT2D eigenvalue weighted by Crippen LogP contribution is -2.53. The highest BCUT2D eigenvalue weighted by molar-refractivity contribution is 6.35. The Hall–Kier alpha value is -2.48. The number of hydrogen-bond donors (Lipinski definition) is 0. The molecule has 2 aliphatic heterocycles. The van der Waals surface area contributed by atoms with Crippen LogP contribution in [-0.4, -0.2) is 37.2 Å². The number of benzene rings is 1. The highest BCUT2D eigenvalue weighted by atomic mass is 35.5. The van der Waals surface area contributed by atoms with Crippen molar-refractivity contribution in [1.82, 2.24) is 4.98 Å². The molecule has 134 valence electrons. The Labute approximate surface area is 154 Å². The largest absolute Gasteiger partial charge is 0.405 e. The molecule has 0 fully saturated rings. The first-order valence-electron chi connectivity index (χ1n) is 7.97. The SMILES string of the molecule is COCCOC12OC(=O)c3c(Cl)cccc3N1C(=O)c1nc(C)ccc12. The van der Waals surface area contributed by atoms with E-state index in [9.17, 15) is 9.59 Å². The van der Waals surface area contributed by atoms with Crippen molar-refractivity contribution in [1.29, 1.82) is 0 Å². The van der Waals surface area contributed by atoms with Crippen LogP contribution in [0.25, 0.3) is 0 Å². The number of ether oxygens (including phenoxy) is 3. The number of nitrogens with zero attached hydrogens (tertiary/aromatic N) is 2. The number of rotatable bonds is 4. The maximum atomic E-state index is 13.1. The summed E-state index contributed by atoms with van der Waals surface area (Å²) in [6.07, 6.45) is 0. The van der Waals surface area contributed by atoms with E-state index in [1.807, 2.05) is 0 Å². The molecule has 0 N–H and O–H groups in total. The van der Waals surface area contributed by atoms with Crippen LogP contribution in [-0.2, 0) is 20.1 Å². The number of hydrogen-bond acceptors (Lipinski definition) is 6. The first-order valence-corrected chi connectivity index (χ1v) is 8.35. The maximum Gasteiger partial charge on any atom is 0.345 e. The molecule has 8 heteroatoms. The number of aryl methyl sites for hydroxylation is 1. The monoisotopic (exact) mass is 374 g/mol. The molecule has 4 rings (SSSR count). The van der Waals surface area contributed by atoms with Crippen molar-refractivity contribution in [3.05, 3.63) is 57.9 Å². The molecule has 3 heterocycles. The van der Waals surface area contributed by atoms with Gasteiger partial charge >= 0.3 is 11.9 Å². The van der Waals surface area contributed by atoms with Gasteiger partial charge in [-0.25, -0.2) is 14.7 Å². The van der Waals surface area contributed by atoms with Gasteiger partial charge in [-0.15, -0.1) is 0 Å². The normalized spacial score (nSPS) is 20.5. The quantitative estimate of drug-likeness (QED) is 0.604. The molecule has 0 saturated carbocycles. The van der Waals surface area contributed by atoms with Crippen LogP contribution in [0.15, 0.2) is 30.3 Å². The second kappa shape index (κ2) is 6.05. The summed E-state index contributed by atoms with van der Waals surface area (Å²) in [6, 6.07) is 8.28. The number of carbonyl (C=O) groups excluding carboxylic acids is 2. The van der Waals surface area contributed by atoms with Gasteiger partial charge in [0.05, 0.1) is 29.5 Å². The third kappa shape index (κ3) is 2.25. The van der Waals surface area contributed by atoms with Crippen molar-refractivity contribution >= 4 is 29.2 Å². The van der Waals surface area contributed by atoms with E-state index < -0.39 is 17.8 Å². The standard InChI is InChI=1S/C18H15ClN2O5/c1-10-6-7-11-15(20-10)16(22)21-13-5-3-4-12(19)14(13)17(23)26-18(11,21)25-9-8-24-2/h3-7H,8-9H2,1-2H3. The number of halogens is 1. The van der Waals surface area contributed by atoms with Crippen LogP contribution < -0.4 is 4.90 Å². The van der Waals surface area contributed by atoms with Crippen molar-refractivity contribution < 1.29 is 23.8 Å². The van der Waals surface area contributed by atoms with Gasteiger partial charge in [-0.2, -0.15) is 0 Å². The summed E-state index contributed by atoms with van der Waals surface area (Å²) in [7, 11) is 1.53. The Morgan fingerprint density at radius 3 is 2.81 bits per heavy atom. The molecule has 2 aliphatic rings. The van der Waals surface area contributed by atoms with E-state index in [0.717, 1.165) is 0 Å². The summed E-state index contributed by atoms with van der Waals surface area (Å²) in [5.41, 5.74) is 1.68. The Kier molecular flexibility index (Phi) is 3.95. The van der Waals surface area contributed by atoms with Crippen molar-refractivity contribution in [2.75, 3.05) is 25.2 Å². The second-order valence-corrected chi connectivity index (χ2v) is 6.34. The zero-order valence-electron chi connectivity index (χ0n) is 14.1. The predicted molar refractivity (Wildman–Crippen MR) is 92.2 cm³/mol. The van der Waals surface area contributed by atoms with Crippen LogP contribution in [0.3, 0.4) is 0 Å². The highest BCUT2D eigenvalue weighted by Gasteiger charge is 2.60. The summed E-state index contributed by atoms with van der Waals surface area (Å²) in [5, 5.41) is 0.200. The fraction of sp³-hybridized carbons (Fsp3) is 0.278. The molecule has 1 aromatic carbocycles. The third-order valence-corrected chi connectivity index (χ3v) is 4.64. The van der Waals surface area contributed by atoms with Crippen LogP contribution in [0.5, 0.6) is 0 Å². The van der Waals surface area contributed by atoms with Gasteiger partial charge in [0.1, 0.15) is 11.3 Å². The van der Waals surface area contributed by atoms with Gasteiger partial charge in [0.15, 0.2) is 0 Å². The van der Waals surface area contributed by atoms with E-state index in [-0.39, 0.29) is 29.5 Å². The molecule has 1 amide bonds. The number of fused-ring (bicyclic) bond motifs is 5. The van der Waals surface area contributed by atoms with Gasteiger partial charge in [-0.05, 0) is 31.2 Å². The van der Waals surface area contributed by atoms with E-state index in [2.05, 4.69) is 4.98 Å². The van der Waals surface area contributed by atoms with Crippen molar-refractivity contribution in [2.45, 2.75) is 12.8 Å². The van der Waals surface area contributed by atoms with Crippen molar-refractivity contribution in [2.24, 2.45) is 0 Å². The first kappa shape index (κ1) is 17.0. The Balaban J connectivity index is 1.95. The summed E-state index contributed by atoms with van der Waals surface area (Å²) < 4.78 is 16.6. The second-order valence-electron chi connectivity index (χ2n) is 5.94. The molecule has 0 radical (unpaired) electrons. The summed E-state index contributed by atoms with van der Waals surface area (Å²) in [4.78, 5) is 31.4. The molecule has 2 aromatic rings. The fourth-order valence-electron chi connectivity index (χ4n) is 3.22. The van der Waals surface area contributed by atoms with Crippen LogP contribution in [0, 0.1) is 6.92 Å². The summed E-state index contributed by atoms with van der Waals surface area (Å²) >= 11 is 6.17. The molecule has 0 aliphatic carbocycles. The maximum absolute atomic E-state index is 13.1. The van der Waals surface area contributed by atoms with E-state index in [4.69, 9.17) is 25.8 Å². The molecule has 7 nitrogen and oxygen atoms in total. The number of methoxy groups -OCH3 is 1. The van der Waals surface area contributed by atoms with Crippen LogP contribution in [0.2, 0.25) is 5.02 Å². The number of amides is 1. The molecular weight excluding hydrogens is 360 g/mol. The highest BCUT2D eigenvalue weighted by Crippen LogP contribution is 2.49. The Bertz CT molecular complexity index is 932. The molecule has 26 heavy (non-hydrogen) atoms. The molecule has 1 unspecified atom stereocenters. The van der Waals surface area contributed by atoms with Crippen molar-refractivity contribution in [3.63, 3.8) is 0 Å². The van der Waals surface area contributed by atoms with E-state index in [1.165, 1.54) is 12.0 Å². The molecule has 0 saturated heterocycles. The molecule has 1 atom stereocenters. The zero-order valence-corrected chi connectivity index (χ0v) is 14.9. The zero-order chi connectivity index (χ0) is 18.5. The van der Waals surface area contributed by atoms with Crippen LogP contribution in [0.1, 0.15) is 32.1 Å². The number of aromatic nitrogens is 1. The lowest BCUT2D eigenvalue weighted by atomic mass is 10.1. The Morgan fingerprint density at radius 1 is 1.23 bits per heavy atom. The van der Waals surface area contributed by atoms with E-state index in [1.54, 1.807) is 37.3 Å². The number of carbonyl (C=O) groups is 2. The van der Waals surface area contributed by atoms with E-state index >= 15 is 0 Å². The van der Waals surface area contributed by atoms with Gasteiger partial charge < -0.3 is 14.2 Å². The van der Waals surface area contributed by atoms with Gasteiger partial charge in [-0.3, -0.25) is 4.79 Å². The van der Waals surface area contributed by atoms with Gasteiger partial charge in [0.2, 0.25) is 0 Å². The smallest absolute Gasteiger partial charge is 0.345 e. The minimum atomic E-state index is -1.72. The molecule has 0 spiro atoms. The number of pyridine rings is 1. The summed E-state index contributed by atoms with van der Waals surface area (Å²) in [6.45, 7) is 2.15.